The second-order valence-electron chi connectivity index (χ2n) is 6.62. The summed E-state index contributed by atoms with van der Waals surface area (Å²) >= 11 is 0. The first-order valence-corrected chi connectivity index (χ1v) is 10.2. The lowest BCUT2D eigenvalue weighted by atomic mass is 9.48. The van der Waals surface area contributed by atoms with Gasteiger partial charge in [0.1, 0.15) is 0 Å². The Morgan fingerprint density at radius 1 is 1.35 bits per heavy atom. The predicted molar refractivity (Wildman–Crippen MR) is 76.0 cm³/mol. The molecule has 0 spiro atoms. The number of allylic oxidation sites excluding steroid dienone is 1. The molecule has 1 aliphatic heterocycles. The van der Waals surface area contributed by atoms with Crippen LogP contribution >= 0.6 is 0 Å². The Hall–Kier alpha value is -0.0582. The van der Waals surface area contributed by atoms with Gasteiger partial charge < -0.3 is 9.08 Å². The predicted octanol–water partition coefficient (Wildman–Crippen LogP) is 3.44. The molecule has 17 heavy (non-hydrogen) atoms. The van der Waals surface area contributed by atoms with E-state index in [2.05, 4.69) is 25.7 Å². The molecule has 0 radical (unpaired) electrons. The van der Waals surface area contributed by atoms with Gasteiger partial charge in [0.2, 0.25) is 0 Å². The van der Waals surface area contributed by atoms with Crippen LogP contribution in [0, 0.1) is 11.8 Å². The molecule has 1 aliphatic carbocycles. The van der Waals surface area contributed by atoms with Gasteiger partial charge in [0.25, 0.3) is 6.92 Å². The Morgan fingerprint density at radius 2 is 2.12 bits per heavy atom. The van der Waals surface area contributed by atoms with Gasteiger partial charge in [-0.25, -0.2) is 0 Å². The maximum atomic E-state index is 6.03. The molecule has 1 fully saturated rings. The summed E-state index contributed by atoms with van der Waals surface area (Å²) in [6.45, 7) is 8.16. The molecule has 2 unspecified atom stereocenters. The van der Waals surface area contributed by atoms with Gasteiger partial charge >= 0.3 is 0 Å². The van der Waals surface area contributed by atoms with Gasteiger partial charge in [-0.1, -0.05) is 6.08 Å². The normalized spacial score (nSPS) is 29.2. The topological polar surface area (TPSA) is 18.5 Å². The highest BCUT2D eigenvalue weighted by Crippen LogP contribution is 2.39. The van der Waals surface area contributed by atoms with Crippen LogP contribution in [0.4, 0.5) is 0 Å². The van der Waals surface area contributed by atoms with Crippen LogP contribution in [-0.4, -0.2) is 28.9 Å². The highest BCUT2D eigenvalue weighted by Gasteiger charge is 2.34. The summed E-state index contributed by atoms with van der Waals surface area (Å²) in [5.41, 5.74) is 1.54. The van der Waals surface area contributed by atoms with Crippen molar-refractivity contribution in [2.45, 2.75) is 45.1 Å². The number of rotatable bonds is 4. The highest BCUT2D eigenvalue weighted by atomic mass is 28.4. The quantitative estimate of drug-likeness (QED) is 0.563. The maximum Gasteiger partial charge on any atom is 0.293 e. The summed E-state index contributed by atoms with van der Waals surface area (Å²) in [7, 11) is 0.489. The Balaban J connectivity index is 1.91. The molecule has 0 amide bonds. The van der Waals surface area contributed by atoms with Crippen molar-refractivity contribution in [3.8, 4) is 0 Å². The summed E-state index contributed by atoms with van der Waals surface area (Å²) < 4.78 is 11.5. The van der Waals surface area contributed by atoms with Crippen LogP contribution in [-0.2, 0) is 9.08 Å². The third-order valence-corrected chi connectivity index (χ3v) is 4.85. The van der Waals surface area contributed by atoms with Crippen molar-refractivity contribution in [2.75, 3.05) is 13.7 Å². The molecule has 96 valence electrons. The molecule has 4 heteroatoms. The summed E-state index contributed by atoms with van der Waals surface area (Å²) in [4.78, 5) is 0. The number of hydrogen-bond acceptors (Lipinski definition) is 2. The number of hydrogen-bond donors (Lipinski definition) is 0. The zero-order valence-electron chi connectivity index (χ0n) is 11.7. The second kappa shape index (κ2) is 5.29. The summed E-state index contributed by atoms with van der Waals surface area (Å²) in [6.07, 6.45) is 7.54. The van der Waals surface area contributed by atoms with Crippen molar-refractivity contribution < 1.29 is 9.08 Å². The first kappa shape index (κ1) is 13.4. The van der Waals surface area contributed by atoms with Crippen LogP contribution in [0.25, 0.3) is 0 Å². The second-order valence-corrected chi connectivity index (χ2v) is 11.1. The molecule has 0 saturated carbocycles. The van der Waals surface area contributed by atoms with E-state index in [0.717, 1.165) is 18.4 Å². The molecule has 0 N–H and O–H groups in total. The Morgan fingerprint density at radius 3 is 2.71 bits per heavy atom. The zero-order valence-corrected chi connectivity index (χ0v) is 12.7. The molecule has 2 atom stereocenters. The molecule has 0 aromatic heterocycles. The lowest BCUT2D eigenvalue weighted by molar-refractivity contribution is 0.301. The van der Waals surface area contributed by atoms with Gasteiger partial charge in [0, 0.05) is 7.11 Å². The molecule has 2 nitrogen and oxygen atoms in total. The van der Waals surface area contributed by atoms with E-state index in [9.17, 15) is 0 Å². The van der Waals surface area contributed by atoms with Crippen molar-refractivity contribution in [2.24, 2.45) is 11.8 Å². The van der Waals surface area contributed by atoms with Crippen molar-refractivity contribution >= 4 is 15.2 Å². The van der Waals surface area contributed by atoms with E-state index >= 15 is 0 Å². The van der Waals surface area contributed by atoms with E-state index in [1.165, 1.54) is 25.5 Å². The largest absolute Gasteiger partial charge is 0.438 e. The lowest BCUT2D eigenvalue weighted by Crippen LogP contribution is -2.34. The molecule has 1 heterocycles. The van der Waals surface area contributed by atoms with Crippen LogP contribution in [0.3, 0.4) is 0 Å². The summed E-state index contributed by atoms with van der Waals surface area (Å²) in [5, 5.41) is 0. The van der Waals surface area contributed by atoms with E-state index in [0.29, 0.717) is 6.92 Å². The lowest BCUT2D eigenvalue weighted by Gasteiger charge is -2.36. The minimum atomic E-state index is -1.36. The molecular weight excluding hydrogens is 227 g/mol. The first-order chi connectivity index (χ1) is 7.96. The molecule has 2 aliphatic rings. The van der Waals surface area contributed by atoms with Crippen LogP contribution in [0.15, 0.2) is 11.6 Å². The monoisotopic (exact) mass is 252 g/mol. The average molecular weight is 252 g/mol. The number of fused-ring (bicyclic) bond motifs is 2. The first-order valence-electron chi connectivity index (χ1n) is 6.82. The Kier molecular flexibility index (Phi) is 4.16. The van der Waals surface area contributed by atoms with Gasteiger partial charge in [-0.05, 0) is 62.5 Å². The van der Waals surface area contributed by atoms with E-state index in [4.69, 9.17) is 9.08 Å². The Bertz CT molecular complexity index is 298. The standard InChI is InChI=1S/C13H25BO2Si/c1-15-14-8-11-5-12(9-14)7-13(6-11)10-16-17(2,3)4/h6,11-12H,5,7-10H2,1-4H3. The zero-order chi connectivity index (χ0) is 12.5. The molecule has 0 aromatic rings. The van der Waals surface area contributed by atoms with Crippen LogP contribution in [0.5, 0.6) is 0 Å². The van der Waals surface area contributed by atoms with E-state index in [1.54, 1.807) is 5.57 Å². The molecule has 0 aromatic carbocycles. The van der Waals surface area contributed by atoms with Gasteiger partial charge in [0.15, 0.2) is 8.32 Å². The average Bonchev–Trinajstić information content (AvgIpc) is 2.24. The van der Waals surface area contributed by atoms with E-state index < -0.39 is 8.32 Å². The highest BCUT2D eigenvalue weighted by molar-refractivity contribution is 6.69. The SMILES string of the molecule is COB1CC2C=C(CO[Si](C)(C)C)CC(C1)C2. The smallest absolute Gasteiger partial charge is 0.293 e. The third-order valence-electron chi connectivity index (χ3n) is 3.84. The summed E-state index contributed by atoms with van der Waals surface area (Å²) in [5.74, 6) is 1.58. The van der Waals surface area contributed by atoms with Crippen LogP contribution < -0.4 is 0 Å². The van der Waals surface area contributed by atoms with E-state index in [1.807, 2.05) is 7.11 Å². The molecular formula is C13H25BO2Si. The van der Waals surface area contributed by atoms with Gasteiger partial charge in [-0.3, -0.25) is 0 Å². The minimum Gasteiger partial charge on any atom is -0.438 e. The van der Waals surface area contributed by atoms with Crippen molar-refractivity contribution in [1.82, 2.24) is 0 Å². The van der Waals surface area contributed by atoms with Crippen molar-refractivity contribution in [3.63, 3.8) is 0 Å². The molecule has 2 rings (SSSR count). The van der Waals surface area contributed by atoms with Crippen molar-refractivity contribution in [3.05, 3.63) is 11.6 Å². The van der Waals surface area contributed by atoms with Crippen molar-refractivity contribution in [1.29, 1.82) is 0 Å². The molecule has 2 bridgehead atoms. The van der Waals surface area contributed by atoms with Crippen LogP contribution in [0.1, 0.15) is 12.8 Å². The van der Waals surface area contributed by atoms with Gasteiger partial charge in [-0.2, -0.15) is 0 Å². The fraction of sp³-hybridized carbons (Fsp3) is 0.846. The fourth-order valence-electron chi connectivity index (χ4n) is 3.11. The minimum absolute atomic E-state index is 0.495. The molecule has 1 saturated heterocycles. The van der Waals surface area contributed by atoms with Gasteiger partial charge in [0.05, 0.1) is 6.61 Å². The summed E-state index contributed by atoms with van der Waals surface area (Å²) in [6, 6.07) is 0. The van der Waals surface area contributed by atoms with Crippen LogP contribution in [0.2, 0.25) is 32.3 Å². The Labute approximate surface area is 107 Å². The fourth-order valence-corrected chi connectivity index (χ4v) is 3.73. The van der Waals surface area contributed by atoms with Gasteiger partial charge in [-0.15, -0.1) is 0 Å². The van der Waals surface area contributed by atoms with E-state index in [-0.39, 0.29) is 0 Å². The maximum absolute atomic E-state index is 6.03. The third kappa shape index (κ3) is 3.97.